The molecule has 33 heavy (non-hydrogen) atoms. The summed E-state index contributed by atoms with van der Waals surface area (Å²) in [5.74, 6) is -7.24. The van der Waals surface area contributed by atoms with Gasteiger partial charge in [-0.05, 0) is 46.4 Å². The van der Waals surface area contributed by atoms with Crippen molar-refractivity contribution in [3.8, 4) is 11.1 Å². The Kier molecular flexibility index (Phi) is 6.70. The van der Waals surface area contributed by atoms with E-state index in [2.05, 4.69) is 0 Å². The number of alkyl halides is 12. The molecule has 0 aromatic heterocycles. The smallest absolute Gasteiger partial charge is 0.258 e. The molecule has 1 unspecified atom stereocenters. The molecule has 0 heterocycles. The monoisotopic (exact) mass is 610 g/mol. The first-order chi connectivity index (χ1) is 14.7. The van der Waals surface area contributed by atoms with Gasteiger partial charge in [-0.2, -0.15) is 48.3 Å². The molecule has 0 aliphatic rings. The van der Waals surface area contributed by atoms with Crippen LogP contribution in [0.15, 0.2) is 30.3 Å². The van der Waals surface area contributed by atoms with Gasteiger partial charge in [-0.15, -0.1) is 0 Å². The van der Waals surface area contributed by atoms with Crippen molar-refractivity contribution in [2.75, 3.05) is 0 Å². The van der Waals surface area contributed by atoms with E-state index in [4.69, 9.17) is 0 Å². The summed E-state index contributed by atoms with van der Waals surface area (Å²) in [4.78, 5) is 9.70. The Bertz CT molecular complexity index is 1060. The number of non-ortho nitro benzene ring substituents is 1. The summed E-state index contributed by atoms with van der Waals surface area (Å²) in [6, 6.07) is 2.86. The Morgan fingerprint density at radius 1 is 0.818 bits per heavy atom. The summed E-state index contributed by atoms with van der Waals surface area (Å²) >= 11 is 0.845. The SMILES string of the molecule is O=[N+]([O-])c1ccc(-c2c(I)[c]c(C(F)(F)F)cc2C(F)(C(F)(F)F)C(F)(F)C(F)(F)F)cc1. The molecule has 0 fully saturated rings. The second-order valence-corrected chi connectivity index (χ2v) is 7.39. The maximum absolute atomic E-state index is 15.1. The van der Waals surface area contributed by atoms with Crippen molar-refractivity contribution in [3.05, 3.63) is 61.2 Å². The van der Waals surface area contributed by atoms with E-state index in [0.717, 1.165) is 22.6 Å². The van der Waals surface area contributed by atoms with Crippen molar-refractivity contribution in [1.29, 1.82) is 0 Å². The van der Waals surface area contributed by atoms with E-state index < -0.39 is 72.6 Å². The first-order valence-corrected chi connectivity index (χ1v) is 9.02. The minimum absolute atomic E-state index is 0.544. The molecule has 0 spiro atoms. The molecule has 1 atom stereocenters. The highest BCUT2D eigenvalue weighted by Gasteiger charge is 2.82. The maximum atomic E-state index is 15.1. The van der Waals surface area contributed by atoms with E-state index in [1.165, 1.54) is 6.07 Å². The minimum Gasteiger partial charge on any atom is -0.258 e. The van der Waals surface area contributed by atoms with E-state index >= 15 is 4.39 Å². The molecule has 0 saturated heterocycles. The van der Waals surface area contributed by atoms with Gasteiger partial charge in [0.15, 0.2) is 0 Å². The number of nitro groups is 1. The molecule has 0 aliphatic carbocycles. The van der Waals surface area contributed by atoms with Gasteiger partial charge in [0.2, 0.25) is 0 Å². The van der Waals surface area contributed by atoms with Gasteiger partial charge in [0.1, 0.15) is 0 Å². The molecule has 0 saturated carbocycles. The minimum atomic E-state index is -7.24. The van der Waals surface area contributed by atoms with Gasteiger partial charge < -0.3 is 0 Å². The molecule has 0 aliphatic heterocycles. The average Bonchev–Trinajstić information content (AvgIpc) is 2.64. The van der Waals surface area contributed by atoms with Crippen LogP contribution in [-0.2, 0) is 11.8 Å². The fraction of sp³-hybridized carbons (Fsp3) is 0.294. The van der Waals surface area contributed by atoms with E-state index in [-0.39, 0.29) is 0 Å². The molecule has 0 N–H and O–H groups in total. The molecule has 0 bridgehead atoms. The molecular weight excluding hydrogens is 605 g/mol. The van der Waals surface area contributed by atoms with Crippen LogP contribution in [-0.4, -0.2) is 23.2 Å². The van der Waals surface area contributed by atoms with Crippen LogP contribution in [0.25, 0.3) is 11.1 Å². The Morgan fingerprint density at radius 3 is 1.67 bits per heavy atom. The molecular formula is C17H5F12INO2. The average molecular weight is 610 g/mol. The van der Waals surface area contributed by atoms with Crippen molar-refractivity contribution < 1.29 is 57.6 Å². The van der Waals surface area contributed by atoms with Crippen molar-refractivity contribution >= 4 is 28.3 Å². The van der Waals surface area contributed by atoms with E-state index in [1.54, 1.807) is 0 Å². The number of nitrogens with zero attached hydrogens (tertiary/aromatic N) is 1. The molecule has 1 radical (unpaired) electrons. The van der Waals surface area contributed by atoms with Crippen LogP contribution in [0.1, 0.15) is 11.1 Å². The number of benzene rings is 2. The standard InChI is InChI=1S/C17H5F12INO2/c18-13(16(24,25)26,15(22,23)17(27,28)29)10-5-8(14(19,20)21)6-11(30)12(10)7-1-3-9(4-2-7)31(32)33/h1-5H. The molecule has 2 rings (SSSR count). The van der Waals surface area contributed by atoms with Crippen molar-refractivity contribution in [3.63, 3.8) is 0 Å². The molecule has 0 amide bonds. The molecule has 3 nitrogen and oxygen atoms in total. The van der Waals surface area contributed by atoms with E-state index in [9.17, 15) is 58.4 Å². The zero-order chi connectivity index (χ0) is 25.8. The van der Waals surface area contributed by atoms with Gasteiger partial charge in [-0.25, -0.2) is 4.39 Å². The summed E-state index contributed by atoms with van der Waals surface area (Å²) in [6.07, 6.45) is -19.8. The summed E-state index contributed by atoms with van der Waals surface area (Å²) in [7, 11) is 0. The van der Waals surface area contributed by atoms with Gasteiger partial charge >= 0.3 is 30.1 Å². The van der Waals surface area contributed by atoms with Crippen LogP contribution in [0.2, 0.25) is 0 Å². The summed E-state index contributed by atoms with van der Waals surface area (Å²) in [5, 5.41) is 10.7. The normalized spacial score (nSPS) is 15.3. The van der Waals surface area contributed by atoms with Crippen molar-refractivity contribution in [1.82, 2.24) is 0 Å². The van der Waals surface area contributed by atoms with Crippen LogP contribution in [0.5, 0.6) is 0 Å². The maximum Gasteiger partial charge on any atom is 0.457 e. The number of hydrogen-bond acceptors (Lipinski definition) is 2. The predicted molar refractivity (Wildman–Crippen MR) is 94.9 cm³/mol. The summed E-state index contributed by atoms with van der Waals surface area (Å²) in [6.45, 7) is 0. The van der Waals surface area contributed by atoms with Gasteiger partial charge in [0, 0.05) is 32.9 Å². The lowest BCUT2D eigenvalue weighted by molar-refractivity contribution is -0.389. The lowest BCUT2D eigenvalue weighted by Crippen LogP contribution is -2.60. The Morgan fingerprint density at radius 2 is 1.30 bits per heavy atom. The lowest BCUT2D eigenvalue weighted by atomic mass is 9.81. The zero-order valence-electron chi connectivity index (χ0n) is 15.1. The third-order valence-corrected chi connectivity index (χ3v) is 5.05. The lowest BCUT2D eigenvalue weighted by Gasteiger charge is -2.37. The van der Waals surface area contributed by atoms with Crippen LogP contribution < -0.4 is 0 Å². The number of halogens is 13. The predicted octanol–water partition coefficient (Wildman–Crippen LogP) is 7.61. The largest absolute Gasteiger partial charge is 0.457 e. The van der Waals surface area contributed by atoms with E-state index in [0.29, 0.717) is 24.3 Å². The van der Waals surface area contributed by atoms with Crippen LogP contribution >= 0.6 is 22.6 Å². The highest BCUT2D eigenvalue weighted by atomic mass is 127. The fourth-order valence-corrected chi connectivity index (χ4v) is 3.60. The highest BCUT2D eigenvalue weighted by molar-refractivity contribution is 14.1. The molecule has 181 valence electrons. The van der Waals surface area contributed by atoms with E-state index in [1.807, 2.05) is 0 Å². The number of nitro benzene ring substituents is 1. The van der Waals surface area contributed by atoms with Gasteiger partial charge in [0.25, 0.3) is 5.69 Å². The van der Waals surface area contributed by atoms with Crippen LogP contribution in [0.3, 0.4) is 0 Å². The number of rotatable bonds is 4. The Hall–Kier alpha value is -2.27. The van der Waals surface area contributed by atoms with Gasteiger partial charge in [-0.3, -0.25) is 10.1 Å². The molecule has 2 aromatic carbocycles. The third-order valence-electron chi connectivity index (χ3n) is 4.24. The summed E-state index contributed by atoms with van der Waals surface area (Å²) < 4.78 is 160. The van der Waals surface area contributed by atoms with Crippen molar-refractivity contribution in [2.45, 2.75) is 30.1 Å². The second-order valence-electron chi connectivity index (χ2n) is 6.32. The highest BCUT2D eigenvalue weighted by Crippen LogP contribution is 2.60. The number of hydrogen-bond donors (Lipinski definition) is 0. The van der Waals surface area contributed by atoms with Crippen LogP contribution in [0, 0.1) is 19.8 Å². The summed E-state index contributed by atoms with van der Waals surface area (Å²) in [5.41, 5.74) is -14.6. The fourth-order valence-electron chi connectivity index (χ4n) is 2.70. The van der Waals surface area contributed by atoms with Gasteiger partial charge in [-0.1, -0.05) is 0 Å². The molecule has 16 heteroatoms. The zero-order valence-corrected chi connectivity index (χ0v) is 17.2. The van der Waals surface area contributed by atoms with Crippen molar-refractivity contribution in [2.24, 2.45) is 0 Å². The first-order valence-electron chi connectivity index (χ1n) is 7.94. The van der Waals surface area contributed by atoms with Gasteiger partial charge in [0.05, 0.1) is 10.5 Å². The second kappa shape index (κ2) is 8.19. The first kappa shape index (κ1) is 27.0. The molecule has 2 aromatic rings. The quantitative estimate of drug-likeness (QED) is 0.155. The van der Waals surface area contributed by atoms with Crippen LogP contribution in [0.4, 0.5) is 58.4 Å². The Balaban J connectivity index is 3.07. The third kappa shape index (κ3) is 4.57. The topological polar surface area (TPSA) is 43.1 Å². The Labute approximate surface area is 188 Å².